The number of nitrogens with zero attached hydrogens (tertiary/aromatic N) is 3. The first kappa shape index (κ1) is 19.8. The standard InChI is InChI=1S/C21H16BrClFN3O2/c1-11-3-4-13(7-17(11)24)10-27-18-8-14(23)5-6-15(18)20(22)16(9-19(27)28)21-26-25-12(2)29-21/h3-8H,9-10H2,1-2H3. The van der Waals surface area contributed by atoms with Gasteiger partial charge in [-0.15, -0.1) is 10.2 Å². The highest BCUT2D eigenvalue weighted by Gasteiger charge is 2.30. The molecule has 1 aliphatic rings. The minimum absolute atomic E-state index is 0.0445. The molecule has 3 aromatic rings. The van der Waals surface area contributed by atoms with E-state index in [1.807, 2.05) is 12.1 Å². The first-order chi connectivity index (χ1) is 13.8. The molecule has 2 heterocycles. The molecule has 4 rings (SSSR count). The van der Waals surface area contributed by atoms with Crippen molar-refractivity contribution in [2.75, 3.05) is 4.90 Å². The zero-order chi connectivity index (χ0) is 20.7. The Kier molecular flexibility index (Phi) is 5.27. The summed E-state index contributed by atoms with van der Waals surface area (Å²) in [7, 11) is 0. The number of hydrogen-bond donors (Lipinski definition) is 0. The van der Waals surface area contributed by atoms with Crippen molar-refractivity contribution >= 4 is 49.2 Å². The van der Waals surface area contributed by atoms with Crippen LogP contribution in [0.1, 0.15) is 34.9 Å². The lowest BCUT2D eigenvalue weighted by Crippen LogP contribution is -2.30. The van der Waals surface area contributed by atoms with Gasteiger partial charge in [-0.1, -0.05) is 29.8 Å². The quantitative estimate of drug-likeness (QED) is 0.488. The molecule has 0 bridgehead atoms. The predicted octanol–water partition coefficient (Wildman–Crippen LogP) is 5.68. The van der Waals surface area contributed by atoms with Crippen LogP contribution in [0, 0.1) is 19.7 Å². The summed E-state index contributed by atoms with van der Waals surface area (Å²) in [5.41, 5.74) is 3.22. The topological polar surface area (TPSA) is 59.2 Å². The molecule has 0 radical (unpaired) electrons. The van der Waals surface area contributed by atoms with Crippen LogP contribution >= 0.6 is 27.5 Å². The van der Waals surface area contributed by atoms with Crippen LogP contribution < -0.4 is 4.90 Å². The monoisotopic (exact) mass is 475 g/mol. The van der Waals surface area contributed by atoms with Gasteiger partial charge < -0.3 is 9.32 Å². The maximum Gasteiger partial charge on any atom is 0.245 e. The molecule has 29 heavy (non-hydrogen) atoms. The van der Waals surface area contributed by atoms with Crippen LogP contribution in [0.15, 0.2) is 40.8 Å². The number of amides is 1. The van der Waals surface area contributed by atoms with E-state index in [-0.39, 0.29) is 30.6 Å². The fourth-order valence-corrected chi connectivity index (χ4v) is 4.02. The number of anilines is 1. The second-order valence-electron chi connectivity index (χ2n) is 6.82. The number of carbonyl (C=O) groups excluding carboxylic acids is 1. The van der Waals surface area contributed by atoms with Crippen molar-refractivity contribution in [2.45, 2.75) is 26.8 Å². The van der Waals surface area contributed by atoms with Gasteiger partial charge >= 0.3 is 0 Å². The van der Waals surface area contributed by atoms with E-state index in [0.717, 1.165) is 5.56 Å². The Morgan fingerprint density at radius 3 is 2.69 bits per heavy atom. The third kappa shape index (κ3) is 3.84. The van der Waals surface area contributed by atoms with Gasteiger partial charge in [0.15, 0.2) is 0 Å². The first-order valence-electron chi connectivity index (χ1n) is 8.88. The summed E-state index contributed by atoms with van der Waals surface area (Å²) in [5, 5.41) is 8.43. The second-order valence-corrected chi connectivity index (χ2v) is 8.05. The lowest BCUT2D eigenvalue weighted by molar-refractivity contribution is -0.117. The third-order valence-corrected chi connectivity index (χ3v) is 5.88. The molecule has 1 amide bonds. The zero-order valence-electron chi connectivity index (χ0n) is 15.7. The number of benzene rings is 2. The highest BCUT2D eigenvalue weighted by Crippen LogP contribution is 2.42. The summed E-state index contributed by atoms with van der Waals surface area (Å²) in [6, 6.07) is 10.3. The Morgan fingerprint density at radius 1 is 1.21 bits per heavy atom. The Hall–Kier alpha value is -2.51. The van der Waals surface area contributed by atoms with Crippen LogP contribution in [-0.2, 0) is 11.3 Å². The van der Waals surface area contributed by atoms with Crippen LogP contribution in [0.25, 0.3) is 10.1 Å². The van der Waals surface area contributed by atoms with Gasteiger partial charge in [-0.25, -0.2) is 4.39 Å². The highest BCUT2D eigenvalue weighted by atomic mass is 79.9. The van der Waals surface area contributed by atoms with Crippen LogP contribution in [0.5, 0.6) is 0 Å². The molecular formula is C21H16BrClFN3O2. The maximum atomic E-state index is 14.1. The molecule has 0 saturated heterocycles. The maximum absolute atomic E-state index is 14.1. The Bertz CT molecular complexity index is 1160. The van der Waals surface area contributed by atoms with Crippen molar-refractivity contribution < 1.29 is 13.6 Å². The van der Waals surface area contributed by atoms with E-state index in [0.29, 0.717) is 37.8 Å². The van der Waals surface area contributed by atoms with Crippen LogP contribution in [-0.4, -0.2) is 16.1 Å². The number of hydrogen-bond acceptors (Lipinski definition) is 4. The number of carbonyl (C=O) groups is 1. The van der Waals surface area contributed by atoms with E-state index >= 15 is 0 Å². The lowest BCUT2D eigenvalue weighted by Gasteiger charge is -2.24. The van der Waals surface area contributed by atoms with Crippen LogP contribution in [0.2, 0.25) is 5.02 Å². The number of aryl methyl sites for hydroxylation is 2. The smallest absolute Gasteiger partial charge is 0.245 e. The zero-order valence-corrected chi connectivity index (χ0v) is 18.0. The summed E-state index contributed by atoms with van der Waals surface area (Å²) in [6.45, 7) is 3.60. The minimum atomic E-state index is -0.308. The Morgan fingerprint density at radius 2 is 2.00 bits per heavy atom. The van der Waals surface area contributed by atoms with Gasteiger partial charge in [0.2, 0.25) is 17.7 Å². The van der Waals surface area contributed by atoms with Crippen molar-refractivity contribution in [3.05, 3.63) is 75.7 Å². The predicted molar refractivity (Wildman–Crippen MR) is 113 cm³/mol. The van der Waals surface area contributed by atoms with Crippen molar-refractivity contribution in [2.24, 2.45) is 0 Å². The number of aromatic nitrogens is 2. The molecule has 1 aliphatic heterocycles. The van der Waals surface area contributed by atoms with Gasteiger partial charge in [0.25, 0.3) is 0 Å². The minimum Gasteiger partial charge on any atom is -0.421 e. The largest absolute Gasteiger partial charge is 0.421 e. The van der Waals surface area contributed by atoms with Gasteiger partial charge in [-0.3, -0.25) is 4.79 Å². The number of halogens is 3. The molecule has 0 aliphatic carbocycles. The summed E-state index contributed by atoms with van der Waals surface area (Å²) in [6.07, 6.45) is 0.0445. The van der Waals surface area contributed by atoms with E-state index in [1.165, 1.54) is 6.07 Å². The number of rotatable bonds is 3. The summed E-state index contributed by atoms with van der Waals surface area (Å²) < 4.78 is 20.3. The van der Waals surface area contributed by atoms with Crippen LogP contribution in [0.3, 0.4) is 0 Å². The molecule has 148 valence electrons. The molecule has 0 N–H and O–H groups in total. The van der Waals surface area contributed by atoms with E-state index in [2.05, 4.69) is 26.1 Å². The average Bonchev–Trinajstić information content (AvgIpc) is 3.08. The first-order valence-corrected chi connectivity index (χ1v) is 10.0. The Balaban J connectivity index is 1.82. The third-order valence-electron chi connectivity index (χ3n) is 4.74. The van der Waals surface area contributed by atoms with Gasteiger partial charge in [0.1, 0.15) is 5.82 Å². The van der Waals surface area contributed by atoms with Gasteiger partial charge in [-0.05, 0) is 52.2 Å². The summed E-state index contributed by atoms with van der Waals surface area (Å²) in [5.74, 6) is 0.201. The van der Waals surface area contributed by atoms with Crippen molar-refractivity contribution in [1.82, 2.24) is 10.2 Å². The summed E-state index contributed by atoms with van der Waals surface area (Å²) >= 11 is 9.83. The van der Waals surface area contributed by atoms with Crippen molar-refractivity contribution in [3.8, 4) is 0 Å². The molecule has 0 atom stereocenters. The van der Waals surface area contributed by atoms with Gasteiger partial charge in [0.05, 0.1) is 18.7 Å². The second kappa shape index (κ2) is 7.72. The van der Waals surface area contributed by atoms with E-state index in [4.69, 9.17) is 16.0 Å². The SMILES string of the molecule is Cc1nnc(C2=C(Br)c3ccc(Cl)cc3N(Cc3ccc(C)c(F)c3)C(=O)C2)o1. The molecule has 0 saturated carbocycles. The normalized spacial score (nSPS) is 14.2. The average molecular weight is 477 g/mol. The summed E-state index contributed by atoms with van der Waals surface area (Å²) in [4.78, 5) is 14.8. The molecule has 0 unspecified atom stereocenters. The van der Waals surface area contributed by atoms with Gasteiger partial charge in [-0.2, -0.15) is 0 Å². The molecule has 0 spiro atoms. The van der Waals surface area contributed by atoms with Crippen molar-refractivity contribution in [1.29, 1.82) is 0 Å². The molecule has 5 nitrogen and oxygen atoms in total. The fraction of sp³-hybridized carbons (Fsp3) is 0.190. The molecule has 8 heteroatoms. The molecule has 1 aromatic heterocycles. The van der Waals surface area contributed by atoms with Gasteiger partial charge in [0, 0.05) is 27.6 Å². The van der Waals surface area contributed by atoms with Crippen molar-refractivity contribution in [3.63, 3.8) is 0 Å². The number of fused-ring (bicyclic) bond motifs is 1. The Labute approximate surface area is 180 Å². The van der Waals surface area contributed by atoms with Crippen LogP contribution in [0.4, 0.5) is 10.1 Å². The molecule has 0 fully saturated rings. The van der Waals surface area contributed by atoms with E-state index < -0.39 is 0 Å². The molecule has 2 aromatic carbocycles. The van der Waals surface area contributed by atoms with E-state index in [9.17, 15) is 9.18 Å². The lowest BCUT2D eigenvalue weighted by atomic mass is 10.1. The highest BCUT2D eigenvalue weighted by molar-refractivity contribution is 9.15. The van der Waals surface area contributed by atoms with E-state index in [1.54, 1.807) is 36.9 Å². The fourth-order valence-electron chi connectivity index (χ4n) is 3.21. The molecular weight excluding hydrogens is 461 g/mol.